The summed E-state index contributed by atoms with van der Waals surface area (Å²) in [6.45, 7) is 0.887. The Labute approximate surface area is 102 Å². The molecule has 0 spiro atoms. The highest BCUT2D eigenvalue weighted by atomic mass is 79.9. The van der Waals surface area contributed by atoms with Crippen LogP contribution in [0.2, 0.25) is 0 Å². The van der Waals surface area contributed by atoms with Crippen molar-refractivity contribution in [2.24, 2.45) is 0 Å². The molecule has 0 atom stereocenters. The van der Waals surface area contributed by atoms with E-state index in [1.54, 1.807) is 19.2 Å². The monoisotopic (exact) mass is 289 g/mol. The topological polar surface area (TPSA) is 38.3 Å². The first-order valence-corrected chi connectivity index (χ1v) is 5.62. The molecule has 16 heavy (non-hydrogen) atoms. The van der Waals surface area contributed by atoms with Crippen LogP contribution in [0.1, 0.15) is 5.56 Å². The number of rotatable bonds is 5. The minimum Gasteiger partial charge on any atom is -0.383 e. The number of ether oxygens (including phenoxy) is 1. The molecule has 1 aromatic rings. The number of carbonyl (C=O) groups is 1. The van der Waals surface area contributed by atoms with Gasteiger partial charge in [0.25, 0.3) is 0 Å². The van der Waals surface area contributed by atoms with E-state index in [1.807, 2.05) is 0 Å². The second-order valence-corrected chi connectivity index (χ2v) is 4.17. The van der Waals surface area contributed by atoms with E-state index in [1.165, 1.54) is 6.07 Å². The van der Waals surface area contributed by atoms with E-state index in [9.17, 15) is 9.18 Å². The Morgan fingerprint density at radius 3 is 3.00 bits per heavy atom. The van der Waals surface area contributed by atoms with Crippen LogP contribution in [0.15, 0.2) is 22.7 Å². The van der Waals surface area contributed by atoms with Crippen LogP contribution in [0.25, 0.3) is 0 Å². The molecule has 1 aromatic carbocycles. The number of hydrogen-bond acceptors (Lipinski definition) is 2. The fourth-order valence-corrected chi connectivity index (χ4v) is 1.62. The first-order chi connectivity index (χ1) is 7.63. The highest BCUT2D eigenvalue weighted by Gasteiger charge is 2.08. The molecule has 0 radical (unpaired) electrons. The zero-order valence-electron chi connectivity index (χ0n) is 8.93. The van der Waals surface area contributed by atoms with Crippen LogP contribution in [0.4, 0.5) is 4.39 Å². The molecule has 3 nitrogen and oxygen atoms in total. The molecule has 0 aliphatic carbocycles. The van der Waals surface area contributed by atoms with Gasteiger partial charge in [0, 0.05) is 18.1 Å². The van der Waals surface area contributed by atoms with Crippen LogP contribution in [0.5, 0.6) is 0 Å². The van der Waals surface area contributed by atoms with Crippen molar-refractivity contribution >= 4 is 21.8 Å². The van der Waals surface area contributed by atoms with Crippen molar-refractivity contribution in [1.29, 1.82) is 0 Å². The Morgan fingerprint density at radius 1 is 1.56 bits per heavy atom. The van der Waals surface area contributed by atoms with Crippen molar-refractivity contribution < 1.29 is 13.9 Å². The maximum Gasteiger partial charge on any atom is 0.224 e. The lowest BCUT2D eigenvalue weighted by atomic mass is 10.1. The molecular formula is C11H13BrFNO2. The van der Waals surface area contributed by atoms with E-state index in [4.69, 9.17) is 4.74 Å². The molecule has 0 aromatic heterocycles. The molecule has 0 aliphatic rings. The standard InChI is InChI=1S/C11H13BrFNO2/c1-16-5-4-14-11(15)7-8-6-9(12)2-3-10(8)13/h2-3,6H,4-5,7H2,1H3,(H,14,15). The summed E-state index contributed by atoms with van der Waals surface area (Å²) in [7, 11) is 1.56. The summed E-state index contributed by atoms with van der Waals surface area (Å²) >= 11 is 3.23. The molecule has 1 amide bonds. The predicted molar refractivity (Wildman–Crippen MR) is 62.7 cm³/mol. The maximum absolute atomic E-state index is 13.3. The van der Waals surface area contributed by atoms with Gasteiger partial charge in [-0.2, -0.15) is 0 Å². The molecule has 0 heterocycles. The molecule has 0 bridgehead atoms. The summed E-state index contributed by atoms with van der Waals surface area (Å²) in [4.78, 5) is 11.4. The Balaban J connectivity index is 2.52. The van der Waals surface area contributed by atoms with Gasteiger partial charge in [0.1, 0.15) is 5.82 Å². The zero-order valence-corrected chi connectivity index (χ0v) is 10.5. The third kappa shape index (κ3) is 4.28. The number of nitrogens with one attached hydrogen (secondary N) is 1. The lowest BCUT2D eigenvalue weighted by Gasteiger charge is -2.05. The number of hydrogen-bond donors (Lipinski definition) is 1. The minimum absolute atomic E-state index is 0.0367. The number of methoxy groups -OCH3 is 1. The summed E-state index contributed by atoms with van der Waals surface area (Å²) in [5.41, 5.74) is 0.379. The molecule has 88 valence electrons. The Bertz CT molecular complexity index is 371. The van der Waals surface area contributed by atoms with Gasteiger partial charge in [0.05, 0.1) is 13.0 Å². The van der Waals surface area contributed by atoms with Gasteiger partial charge in [-0.1, -0.05) is 15.9 Å². The van der Waals surface area contributed by atoms with E-state index in [-0.39, 0.29) is 18.1 Å². The van der Waals surface area contributed by atoms with E-state index in [0.29, 0.717) is 18.7 Å². The summed E-state index contributed by atoms with van der Waals surface area (Å²) in [6, 6.07) is 4.54. The highest BCUT2D eigenvalue weighted by Crippen LogP contribution is 2.15. The van der Waals surface area contributed by atoms with Crippen molar-refractivity contribution in [1.82, 2.24) is 5.32 Å². The molecule has 5 heteroatoms. The van der Waals surface area contributed by atoms with Gasteiger partial charge in [-0.3, -0.25) is 4.79 Å². The first-order valence-electron chi connectivity index (χ1n) is 4.83. The third-order valence-corrected chi connectivity index (χ3v) is 2.48. The summed E-state index contributed by atoms with van der Waals surface area (Å²) in [5, 5.41) is 2.63. The lowest BCUT2D eigenvalue weighted by molar-refractivity contribution is -0.120. The zero-order chi connectivity index (χ0) is 12.0. The fourth-order valence-electron chi connectivity index (χ4n) is 1.21. The van der Waals surface area contributed by atoms with Crippen molar-refractivity contribution in [2.75, 3.05) is 20.3 Å². The average molecular weight is 290 g/mol. The van der Waals surface area contributed by atoms with E-state index in [0.717, 1.165) is 4.47 Å². The molecule has 1 N–H and O–H groups in total. The Kier molecular flexibility index (Phi) is 5.42. The van der Waals surface area contributed by atoms with Crippen LogP contribution < -0.4 is 5.32 Å². The predicted octanol–water partition coefficient (Wildman–Crippen LogP) is 1.89. The van der Waals surface area contributed by atoms with Crippen LogP contribution in [0, 0.1) is 5.82 Å². The summed E-state index contributed by atoms with van der Waals surface area (Å²) in [6.07, 6.45) is 0.0367. The van der Waals surface area contributed by atoms with E-state index in [2.05, 4.69) is 21.2 Å². The second-order valence-electron chi connectivity index (χ2n) is 3.26. The van der Waals surface area contributed by atoms with Crippen LogP contribution >= 0.6 is 15.9 Å². The van der Waals surface area contributed by atoms with Crippen molar-refractivity contribution in [3.63, 3.8) is 0 Å². The Hall–Kier alpha value is -0.940. The van der Waals surface area contributed by atoms with E-state index >= 15 is 0 Å². The van der Waals surface area contributed by atoms with Crippen LogP contribution in [-0.4, -0.2) is 26.2 Å². The molecule has 0 fully saturated rings. The quantitative estimate of drug-likeness (QED) is 0.841. The molecule has 0 aliphatic heterocycles. The van der Waals surface area contributed by atoms with E-state index < -0.39 is 0 Å². The Morgan fingerprint density at radius 2 is 2.31 bits per heavy atom. The maximum atomic E-state index is 13.3. The van der Waals surface area contributed by atoms with Gasteiger partial charge in [0.2, 0.25) is 5.91 Å². The molecule has 0 unspecified atom stereocenters. The summed E-state index contributed by atoms with van der Waals surface area (Å²) in [5.74, 6) is -0.584. The molecule has 0 saturated carbocycles. The van der Waals surface area contributed by atoms with Gasteiger partial charge in [0.15, 0.2) is 0 Å². The number of halogens is 2. The van der Waals surface area contributed by atoms with Crippen LogP contribution in [-0.2, 0) is 16.0 Å². The van der Waals surface area contributed by atoms with Gasteiger partial charge < -0.3 is 10.1 Å². The lowest BCUT2D eigenvalue weighted by Crippen LogP contribution is -2.28. The van der Waals surface area contributed by atoms with Crippen molar-refractivity contribution in [3.05, 3.63) is 34.1 Å². The molecule has 1 rings (SSSR count). The average Bonchev–Trinajstić information content (AvgIpc) is 2.24. The van der Waals surface area contributed by atoms with Gasteiger partial charge in [-0.25, -0.2) is 4.39 Å². The van der Waals surface area contributed by atoms with Gasteiger partial charge in [-0.05, 0) is 23.8 Å². The highest BCUT2D eigenvalue weighted by molar-refractivity contribution is 9.10. The normalized spacial score (nSPS) is 10.2. The summed E-state index contributed by atoms with van der Waals surface area (Å²) < 4.78 is 18.8. The molecular weight excluding hydrogens is 277 g/mol. The fraction of sp³-hybridized carbons (Fsp3) is 0.364. The van der Waals surface area contributed by atoms with Gasteiger partial charge >= 0.3 is 0 Å². The molecule has 0 saturated heterocycles. The SMILES string of the molecule is COCCNC(=O)Cc1cc(Br)ccc1F. The van der Waals surface area contributed by atoms with Crippen LogP contribution in [0.3, 0.4) is 0 Å². The number of carbonyl (C=O) groups excluding carboxylic acids is 1. The van der Waals surface area contributed by atoms with Crippen molar-refractivity contribution in [2.45, 2.75) is 6.42 Å². The largest absolute Gasteiger partial charge is 0.383 e. The van der Waals surface area contributed by atoms with Gasteiger partial charge in [-0.15, -0.1) is 0 Å². The third-order valence-electron chi connectivity index (χ3n) is 1.99. The second kappa shape index (κ2) is 6.60. The smallest absolute Gasteiger partial charge is 0.224 e. The first kappa shape index (κ1) is 13.1. The number of amides is 1. The minimum atomic E-state index is -0.370. The number of benzene rings is 1. The van der Waals surface area contributed by atoms with Crippen molar-refractivity contribution in [3.8, 4) is 0 Å².